The molecule has 4 rings (SSSR count). The molecule has 1 fully saturated rings. The Morgan fingerprint density at radius 3 is 2.70 bits per heavy atom. The summed E-state index contributed by atoms with van der Waals surface area (Å²) in [6, 6.07) is 7.12. The summed E-state index contributed by atoms with van der Waals surface area (Å²) in [5, 5.41) is 10.6. The Hall–Kier alpha value is -3.28. The maximum Gasteiger partial charge on any atom is 0.408 e. The molecular formula is C25H33F3N6O3. The Morgan fingerprint density at radius 2 is 2.03 bits per heavy atom. The number of aromatic nitrogens is 3. The Morgan fingerprint density at radius 1 is 1.27 bits per heavy atom. The molecule has 3 aromatic rings. The number of alkyl carbamates (subject to hydrolysis) is 1. The van der Waals surface area contributed by atoms with Crippen molar-refractivity contribution < 1.29 is 27.2 Å². The molecule has 2 N–H and O–H groups in total. The molecule has 0 saturated carbocycles. The van der Waals surface area contributed by atoms with Gasteiger partial charge in [0.25, 0.3) is 0 Å². The standard InChI is InChI=1S/C25H33F3N6O3/c1-15-13-33(5)10-9-17(15)30-18-7-6-8-19-16(18)11-20(34(19)14-25(26,27)28)22-31-21(37-32-22)12-29-23(35)36-24(2,3)4/h6-8,11,15,17,30H,9-10,12-14H2,1-5H3,(H,29,35). The molecule has 1 amide bonds. The molecule has 0 aliphatic carbocycles. The van der Waals surface area contributed by atoms with Crippen molar-refractivity contribution in [2.24, 2.45) is 5.92 Å². The van der Waals surface area contributed by atoms with Crippen molar-refractivity contribution in [1.82, 2.24) is 24.9 Å². The van der Waals surface area contributed by atoms with Crippen LogP contribution in [0.5, 0.6) is 0 Å². The maximum absolute atomic E-state index is 13.6. The third-order valence-electron chi connectivity index (χ3n) is 6.21. The van der Waals surface area contributed by atoms with Gasteiger partial charge in [-0.25, -0.2) is 4.79 Å². The lowest BCUT2D eigenvalue weighted by atomic mass is 9.94. The number of ether oxygens (including phenoxy) is 1. The summed E-state index contributed by atoms with van der Waals surface area (Å²) in [6.07, 6.45) is -4.20. The summed E-state index contributed by atoms with van der Waals surface area (Å²) in [4.78, 5) is 18.4. The number of nitrogens with zero attached hydrogens (tertiary/aromatic N) is 4. The first-order valence-corrected chi connectivity index (χ1v) is 12.2. The molecule has 0 bridgehead atoms. The molecule has 2 atom stereocenters. The van der Waals surface area contributed by atoms with Crippen LogP contribution >= 0.6 is 0 Å². The molecule has 0 spiro atoms. The van der Waals surface area contributed by atoms with Gasteiger partial charge in [0.05, 0.1) is 11.2 Å². The smallest absolute Gasteiger partial charge is 0.408 e. The van der Waals surface area contributed by atoms with E-state index in [9.17, 15) is 18.0 Å². The van der Waals surface area contributed by atoms with Gasteiger partial charge in [0.15, 0.2) is 0 Å². The number of piperidine rings is 1. The van der Waals surface area contributed by atoms with Gasteiger partial charge in [-0.15, -0.1) is 0 Å². The average Bonchev–Trinajstić information content (AvgIpc) is 3.37. The zero-order chi connectivity index (χ0) is 27.0. The highest BCUT2D eigenvalue weighted by molar-refractivity contribution is 5.96. The SMILES string of the molecule is CC1CN(C)CCC1Nc1cccc2c1cc(-c1noc(CNC(=O)OC(C)(C)C)n1)n2CC(F)(F)F. The van der Waals surface area contributed by atoms with Crippen molar-refractivity contribution in [2.45, 2.75) is 65.0 Å². The Balaban J connectivity index is 1.63. The quantitative estimate of drug-likeness (QED) is 0.469. The highest BCUT2D eigenvalue weighted by Crippen LogP contribution is 2.35. The number of amides is 1. The monoisotopic (exact) mass is 522 g/mol. The van der Waals surface area contributed by atoms with E-state index in [4.69, 9.17) is 9.26 Å². The van der Waals surface area contributed by atoms with Crippen molar-refractivity contribution in [1.29, 1.82) is 0 Å². The third kappa shape index (κ3) is 6.73. The summed E-state index contributed by atoms with van der Waals surface area (Å²) >= 11 is 0. The minimum atomic E-state index is -4.46. The predicted octanol–water partition coefficient (Wildman–Crippen LogP) is 5.03. The van der Waals surface area contributed by atoms with Gasteiger partial charge in [-0.1, -0.05) is 18.1 Å². The minimum absolute atomic E-state index is 0.0000444. The number of hydrogen-bond acceptors (Lipinski definition) is 7. The molecule has 0 radical (unpaired) electrons. The van der Waals surface area contributed by atoms with Crippen molar-refractivity contribution in [3.05, 3.63) is 30.2 Å². The third-order valence-corrected chi connectivity index (χ3v) is 6.21. The molecular weight excluding hydrogens is 489 g/mol. The Kier molecular flexibility index (Phi) is 7.40. The number of carbonyl (C=O) groups excluding carboxylic acids is 1. The number of nitrogens with one attached hydrogen (secondary N) is 2. The van der Waals surface area contributed by atoms with Crippen LogP contribution in [0, 0.1) is 5.92 Å². The molecule has 1 aromatic carbocycles. The first-order chi connectivity index (χ1) is 17.3. The van der Waals surface area contributed by atoms with E-state index in [1.165, 1.54) is 0 Å². The summed E-state index contributed by atoms with van der Waals surface area (Å²) < 4.78 is 52.3. The fraction of sp³-hybridized carbons (Fsp3) is 0.560. The molecule has 9 nitrogen and oxygen atoms in total. The van der Waals surface area contributed by atoms with Gasteiger partial charge >= 0.3 is 12.3 Å². The van der Waals surface area contributed by atoms with E-state index in [1.54, 1.807) is 39.0 Å². The first kappa shape index (κ1) is 26.8. The van der Waals surface area contributed by atoms with Gasteiger partial charge < -0.3 is 29.4 Å². The van der Waals surface area contributed by atoms with E-state index >= 15 is 0 Å². The Labute approximate surface area is 213 Å². The van der Waals surface area contributed by atoms with Crippen LogP contribution in [-0.2, 0) is 17.8 Å². The zero-order valence-corrected chi connectivity index (χ0v) is 21.6. The lowest BCUT2D eigenvalue weighted by Gasteiger charge is -2.36. The summed E-state index contributed by atoms with van der Waals surface area (Å²) in [6.45, 7) is 7.91. The predicted molar refractivity (Wildman–Crippen MR) is 133 cm³/mol. The topological polar surface area (TPSA) is 97.5 Å². The number of likely N-dealkylation sites (tertiary alicyclic amines) is 1. The van der Waals surface area contributed by atoms with E-state index in [0.717, 1.165) is 29.8 Å². The Bertz CT molecular complexity index is 1250. The number of benzene rings is 1. The number of rotatable bonds is 6. The number of fused-ring (bicyclic) bond motifs is 1. The highest BCUT2D eigenvalue weighted by atomic mass is 19.4. The van der Waals surface area contributed by atoms with E-state index in [2.05, 4.69) is 39.6 Å². The number of anilines is 1. The minimum Gasteiger partial charge on any atom is -0.444 e. The van der Waals surface area contributed by atoms with Crippen LogP contribution in [0.2, 0.25) is 0 Å². The van der Waals surface area contributed by atoms with Crippen LogP contribution < -0.4 is 10.6 Å². The second kappa shape index (κ2) is 10.2. The number of carbonyl (C=O) groups is 1. The number of hydrogen-bond donors (Lipinski definition) is 2. The lowest BCUT2D eigenvalue weighted by Crippen LogP contribution is -2.43. The van der Waals surface area contributed by atoms with Crippen LogP contribution in [0.1, 0.15) is 40.0 Å². The van der Waals surface area contributed by atoms with E-state index < -0.39 is 24.4 Å². The van der Waals surface area contributed by atoms with E-state index in [-0.39, 0.29) is 30.0 Å². The van der Waals surface area contributed by atoms with Crippen molar-refractivity contribution >= 4 is 22.7 Å². The zero-order valence-electron chi connectivity index (χ0n) is 21.6. The summed E-state index contributed by atoms with van der Waals surface area (Å²) in [5.41, 5.74) is 0.664. The largest absolute Gasteiger partial charge is 0.444 e. The second-order valence-electron chi connectivity index (χ2n) is 10.6. The molecule has 1 aliphatic rings. The lowest BCUT2D eigenvalue weighted by molar-refractivity contribution is -0.139. The van der Waals surface area contributed by atoms with Crippen LogP contribution in [0.3, 0.4) is 0 Å². The van der Waals surface area contributed by atoms with Gasteiger partial charge in [-0.3, -0.25) is 0 Å². The second-order valence-corrected chi connectivity index (χ2v) is 10.6. The van der Waals surface area contributed by atoms with Gasteiger partial charge in [0.2, 0.25) is 11.7 Å². The van der Waals surface area contributed by atoms with Gasteiger partial charge in [0.1, 0.15) is 18.7 Å². The molecule has 3 heterocycles. The molecule has 2 aromatic heterocycles. The van der Waals surface area contributed by atoms with Crippen LogP contribution in [-0.4, -0.2) is 63.7 Å². The van der Waals surface area contributed by atoms with Gasteiger partial charge in [-0.05, 0) is 64.9 Å². The summed E-state index contributed by atoms with van der Waals surface area (Å²) in [5.74, 6) is 0.422. The van der Waals surface area contributed by atoms with Crippen LogP contribution in [0.15, 0.2) is 28.8 Å². The van der Waals surface area contributed by atoms with Crippen LogP contribution in [0.25, 0.3) is 22.4 Å². The molecule has 12 heteroatoms. The van der Waals surface area contributed by atoms with Crippen molar-refractivity contribution in [3.63, 3.8) is 0 Å². The van der Waals surface area contributed by atoms with Crippen molar-refractivity contribution in [2.75, 3.05) is 25.5 Å². The number of halogens is 3. The van der Waals surface area contributed by atoms with Gasteiger partial charge in [0, 0.05) is 23.7 Å². The molecule has 2 unspecified atom stereocenters. The highest BCUT2D eigenvalue weighted by Gasteiger charge is 2.32. The van der Waals surface area contributed by atoms with E-state index in [0.29, 0.717) is 16.8 Å². The fourth-order valence-corrected chi connectivity index (χ4v) is 4.61. The maximum atomic E-state index is 13.6. The van der Waals surface area contributed by atoms with E-state index in [1.807, 2.05) is 6.07 Å². The molecule has 1 saturated heterocycles. The molecule has 1 aliphatic heterocycles. The first-order valence-electron chi connectivity index (χ1n) is 12.2. The fourth-order valence-electron chi connectivity index (χ4n) is 4.61. The number of alkyl halides is 3. The normalized spacial score (nSPS) is 19.2. The average molecular weight is 523 g/mol. The van der Waals surface area contributed by atoms with Gasteiger partial charge in [-0.2, -0.15) is 18.2 Å². The molecule has 202 valence electrons. The van der Waals surface area contributed by atoms with Crippen LogP contribution in [0.4, 0.5) is 23.7 Å². The summed E-state index contributed by atoms with van der Waals surface area (Å²) in [7, 11) is 2.08. The van der Waals surface area contributed by atoms with Crippen molar-refractivity contribution in [3.8, 4) is 11.5 Å². The molecule has 37 heavy (non-hydrogen) atoms.